The van der Waals surface area contributed by atoms with E-state index in [4.69, 9.17) is 23.7 Å². The molecule has 0 fully saturated rings. The van der Waals surface area contributed by atoms with Crippen LogP contribution in [0.5, 0.6) is 23.0 Å². The van der Waals surface area contributed by atoms with Gasteiger partial charge in [0, 0.05) is 13.0 Å². The smallest absolute Gasteiger partial charge is 0.306 e. The highest BCUT2D eigenvalue weighted by Crippen LogP contribution is 2.32. The molecule has 0 saturated heterocycles. The van der Waals surface area contributed by atoms with Gasteiger partial charge in [0.15, 0.2) is 29.1 Å². The summed E-state index contributed by atoms with van der Waals surface area (Å²) in [5.74, 6) is 1.73. The predicted octanol–water partition coefficient (Wildman–Crippen LogP) is 2.61. The van der Waals surface area contributed by atoms with Crippen LogP contribution < -0.4 is 24.3 Å². The number of aryl methyl sites for hydroxylation is 1. The number of benzene rings is 2. The lowest BCUT2D eigenvalue weighted by molar-refractivity contribution is -0.154. The van der Waals surface area contributed by atoms with Crippen molar-refractivity contribution in [2.24, 2.45) is 0 Å². The first-order valence-electron chi connectivity index (χ1n) is 9.56. The minimum absolute atomic E-state index is 0.148. The van der Waals surface area contributed by atoms with E-state index in [-0.39, 0.29) is 19.1 Å². The van der Waals surface area contributed by atoms with Gasteiger partial charge < -0.3 is 29.0 Å². The van der Waals surface area contributed by atoms with E-state index in [9.17, 15) is 9.59 Å². The molecule has 1 aliphatic heterocycles. The van der Waals surface area contributed by atoms with Crippen LogP contribution in [-0.4, -0.2) is 39.0 Å². The second kappa shape index (κ2) is 9.87. The average molecular weight is 415 g/mol. The van der Waals surface area contributed by atoms with Crippen molar-refractivity contribution in [2.45, 2.75) is 32.4 Å². The number of nitrogens with one attached hydrogen (secondary N) is 1. The van der Waals surface area contributed by atoms with Crippen LogP contribution in [0, 0.1) is 0 Å². The predicted molar refractivity (Wildman–Crippen MR) is 108 cm³/mol. The zero-order chi connectivity index (χ0) is 21.5. The summed E-state index contributed by atoms with van der Waals surface area (Å²) in [7, 11) is 3.12. The Hall–Kier alpha value is -3.42. The molecule has 1 amide bonds. The number of amides is 1. The highest BCUT2D eigenvalue weighted by Gasteiger charge is 2.19. The average Bonchev–Trinajstić information content (AvgIpc) is 3.23. The highest BCUT2D eigenvalue weighted by atomic mass is 16.7. The first kappa shape index (κ1) is 21.3. The van der Waals surface area contributed by atoms with E-state index in [0.717, 1.165) is 11.1 Å². The number of carbonyl (C=O) groups is 2. The Morgan fingerprint density at radius 1 is 1.00 bits per heavy atom. The Kier molecular flexibility index (Phi) is 7.00. The van der Waals surface area contributed by atoms with Gasteiger partial charge >= 0.3 is 5.97 Å². The standard InChI is InChI=1S/C22H25NO7/c1-14(22(25)23-12-16-5-8-18-20(11-16)29-13-28-18)30-21(24)9-6-15-4-7-17(26-2)19(10-15)27-3/h4-5,7-8,10-11,14H,6,9,12-13H2,1-3H3,(H,23,25)/t14-/m1/s1. The number of methoxy groups -OCH3 is 2. The summed E-state index contributed by atoms with van der Waals surface area (Å²) in [6, 6.07) is 10.9. The van der Waals surface area contributed by atoms with E-state index in [1.54, 1.807) is 33.3 Å². The highest BCUT2D eigenvalue weighted by molar-refractivity contribution is 5.83. The minimum Gasteiger partial charge on any atom is -0.493 e. The van der Waals surface area contributed by atoms with Gasteiger partial charge in [-0.1, -0.05) is 12.1 Å². The molecule has 2 aromatic carbocycles. The minimum atomic E-state index is -0.892. The molecule has 30 heavy (non-hydrogen) atoms. The van der Waals surface area contributed by atoms with Crippen LogP contribution in [0.2, 0.25) is 0 Å². The second-order valence-electron chi connectivity index (χ2n) is 6.73. The molecule has 8 heteroatoms. The van der Waals surface area contributed by atoms with Crippen LogP contribution in [0.3, 0.4) is 0 Å². The summed E-state index contributed by atoms with van der Waals surface area (Å²) in [5, 5.41) is 2.75. The molecule has 0 spiro atoms. The Bertz CT molecular complexity index is 912. The summed E-state index contributed by atoms with van der Waals surface area (Å²) in [6.45, 7) is 2.04. The van der Waals surface area contributed by atoms with Crippen LogP contribution in [-0.2, 0) is 27.3 Å². The van der Waals surface area contributed by atoms with E-state index < -0.39 is 12.1 Å². The second-order valence-corrected chi connectivity index (χ2v) is 6.73. The number of rotatable bonds is 9. The van der Waals surface area contributed by atoms with Gasteiger partial charge in [0.1, 0.15) is 0 Å². The van der Waals surface area contributed by atoms with Crippen LogP contribution >= 0.6 is 0 Å². The quantitative estimate of drug-likeness (QED) is 0.630. The number of ether oxygens (including phenoxy) is 5. The summed E-state index contributed by atoms with van der Waals surface area (Å²) < 4.78 is 26.3. The van der Waals surface area contributed by atoms with Gasteiger partial charge in [-0.2, -0.15) is 0 Å². The van der Waals surface area contributed by atoms with Crippen LogP contribution in [0.1, 0.15) is 24.5 Å². The number of carbonyl (C=O) groups excluding carboxylic acids is 2. The summed E-state index contributed by atoms with van der Waals surface area (Å²) in [4.78, 5) is 24.4. The molecule has 0 aliphatic carbocycles. The van der Waals surface area contributed by atoms with Crippen molar-refractivity contribution in [3.63, 3.8) is 0 Å². The molecular formula is C22H25NO7. The number of esters is 1. The Balaban J connectivity index is 1.44. The molecule has 160 valence electrons. The largest absolute Gasteiger partial charge is 0.493 e. The molecule has 0 saturated carbocycles. The Morgan fingerprint density at radius 2 is 1.73 bits per heavy atom. The molecule has 1 heterocycles. The summed E-state index contributed by atoms with van der Waals surface area (Å²) in [6.07, 6.45) is -0.281. The van der Waals surface area contributed by atoms with Crippen molar-refractivity contribution in [1.29, 1.82) is 0 Å². The van der Waals surface area contributed by atoms with Crippen LogP contribution in [0.15, 0.2) is 36.4 Å². The van der Waals surface area contributed by atoms with Crippen LogP contribution in [0.25, 0.3) is 0 Å². The molecule has 8 nitrogen and oxygen atoms in total. The maximum absolute atomic E-state index is 12.2. The van der Waals surface area contributed by atoms with Gasteiger partial charge in [-0.05, 0) is 48.7 Å². The van der Waals surface area contributed by atoms with Crippen molar-refractivity contribution in [2.75, 3.05) is 21.0 Å². The first-order chi connectivity index (χ1) is 14.5. The normalized spacial score (nSPS) is 12.8. The lowest BCUT2D eigenvalue weighted by Gasteiger charge is -2.14. The van der Waals surface area contributed by atoms with Crippen molar-refractivity contribution in [3.05, 3.63) is 47.5 Å². The zero-order valence-electron chi connectivity index (χ0n) is 17.2. The zero-order valence-corrected chi connectivity index (χ0v) is 17.2. The molecule has 3 rings (SSSR count). The van der Waals surface area contributed by atoms with E-state index in [1.165, 1.54) is 0 Å². The number of fused-ring (bicyclic) bond motifs is 1. The molecule has 1 atom stereocenters. The monoisotopic (exact) mass is 415 g/mol. The Morgan fingerprint density at radius 3 is 2.50 bits per heavy atom. The van der Waals surface area contributed by atoms with Crippen LogP contribution in [0.4, 0.5) is 0 Å². The fourth-order valence-electron chi connectivity index (χ4n) is 2.98. The number of hydrogen-bond donors (Lipinski definition) is 1. The van der Waals surface area contributed by atoms with Gasteiger partial charge in [-0.15, -0.1) is 0 Å². The topological polar surface area (TPSA) is 92.3 Å². The van der Waals surface area contributed by atoms with Crippen molar-refractivity contribution < 1.29 is 33.3 Å². The molecule has 0 bridgehead atoms. The fourth-order valence-corrected chi connectivity index (χ4v) is 2.98. The third-order valence-electron chi connectivity index (χ3n) is 4.65. The van der Waals surface area contributed by atoms with Gasteiger partial charge in [-0.3, -0.25) is 9.59 Å². The summed E-state index contributed by atoms with van der Waals surface area (Å²) in [5.41, 5.74) is 1.77. The molecule has 1 aliphatic rings. The van der Waals surface area contributed by atoms with Crippen molar-refractivity contribution in [1.82, 2.24) is 5.32 Å². The third kappa shape index (κ3) is 5.34. The van der Waals surface area contributed by atoms with Gasteiger partial charge in [0.25, 0.3) is 5.91 Å². The van der Waals surface area contributed by atoms with E-state index >= 15 is 0 Å². The first-order valence-corrected chi connectivity index (χ1v) is 9.56. The molecule has 0 radical (unpaired) electrons. The van der Waals surface area contributed by atoms with Crippen molar-refractivity contribution >= 4 is 11.9 Å². The fraction of sp³-hybridized carbons (Fsp3) is 0.364. The molecule has 0 aromatic heterocycles. The van der Waals surface area contributed by atoms with Crippen molar-refractivity contribution in [3.8, 4) is 23.0 Å². The third-order valence-corrected chi connectivity index (χ3v) is 4.65. The lowest BCUT2D eigenvalue weighted by Crippen LogP contribution is -2.35. The maximum Gasteiger partial charge on any atom is 0.306 e. The van der Waals surface area contributed by atoms with Gasteiger partial charge in [-0.25, -0.2) is 0 Å². The molecule has 2 aromatic rings. The van der Waals surface area contributed by atoms with E-state index in [0.29, 0.717) is 36.0 Å². The number of hydrogen-bond acceptors (Lipinski definition) is 7. The van der Waals surface area contributed by atoms with E-state index in [2.05, 4.69) is 5.32 Å². The lowest BCUT2D eigenvalue weighted by atomic mass is 10.1. The molecule has 1 N–H and O–H groups in total. The molecule has 0 unspecified atom stereocenters. The van der Waals surface area contributed by atoms with Gasteiger partial charge in [0.2, 0.25) is 6.79 Å². The Labute approximate surface area is 175 Å². The maximum atomic E-state index is 12.2. The van der Waals surface area contributed by atoms with Gasteiger partial charge in [0.05, 0.1) is 14.2 Å². The molecular weight excluding hydrogens is 390 g/mol. The van der Waals surface area contributed by atoms with E-state index in [1.807, 2.05) is 24.3 Å². The summed E-state index contributed by atoms with van der Waals surface area (Å²) >= 11 is 0. The SMILES string of the molecule is COc1ccc(CCC(=O)O[C@H](C)C(=O)NCc2ccc3c(c2)OCO3)cc1OC.